The molecule has 1 aromatic carbocycles. The Hall–Kier alpha value is -3.34. The molecule has 0 unspecified atom stereocenters. The fraction of sp³-hybridized carbons (Fsp3) is 0.433. The van der Waals surface area contributed by atoms with Gasteiger partial charge in [0, 0.05) is 56.7 Å². The van der Waals surface area contributed by atoms with Gasteiger partial charge in [0.05, 0.1) is 36.7 Å². The van der Waals surface area contributed by atoms with Gasteiger partial charge in [0.25, 0.3) is 0 Å². The van der Waals surface area contributed by atoms with E-state index in [4.69, 9.17) is 17.0 Å². The summed E-state index contributed by atoms with van der Waals surface area (Å²) in [5, 5.41) is 6.74. The molecule has 0 aliphatic carbocycles. The van der Waals surface area contributed by atoms with Gasteiger partial charge in [-0.25, -0.2) is 4.39 Å². The molecule has 0 spiro atoms. The first-order valence-electron chi connectivity index (χ1n) is 13.9. The van der Waals surface area contributed by atoms with Crippen molar-refractivity contribution in [2.24, 2.45) is 0 Å². The minimum Gasteiger partial charge on any atom is -0.379 e. The van der Waals surface area contributed by atoms with Crippen molar-refractivity contribution in [3.8, 4) is 0 Å². The first kappa shape index (κ1) is 28.2. The van der Waals surface area contributed by atoms with Gasteiger partial charge in [0.2, 0.25) is 5.91 Å². The molecule has 10 heteroatoms. The van der Waals surface area contributed by atoms with Gasteiger partial charge in [-0.1, -0.05) is 18.2 Å². The second-order valence-electron chi connectivity index (χ2n) is 10.4. The van der Waals surface area contributed by atoms with Gasteiger partial charge in [0.1, 0.15) is 5.82 Å². The average molecular weight is 565 g/mol. The Kier molecular flexibility index (Phi) is 9.08. The highest BCUT2D eigenvalue weighted by molar-refractivity contribution is 7.80. The molecule has 3 aromatic rings. The van der Waals surface area contributed by atoms with Crippen molar-refractivity contribution in [1.29, 1.82) is 0 Å². The number of nitrogens with zero attached hydrogens (tertiary/aromatic N) is 4. The maximum Gasteiger partial charge on any atom is 0.226 e. The Morgan fingerprint density at radius 2 is 1.90 bits per heavy atom. The summed E-state index contributed by atoms with van der Waals surface area (Å²) in [5.41, 5.74) is 4.63. The number of halogens is 1. The largest absolute Gasteiger partial charge is 0.379 e. The van der Waals surface area contributed by atoms with Crippen molar-refractivity contribution in [2.75, 3.05) is 44.7 Å². The first-order chi connectivity index (χ1) is 19.4. The number of thiocarbonyl (C=S) groups is 1. The molecule has 2 saturated heterocycles. The van der Waals surface area contributed by atoms with Crippen molar-refractivity contribution in [3.63, 3.8) is 0 Å². The third kappa shape index (κ3) is 6.35. The van der Waals surface area contributed by atoms with Gasteiger partial charge in [-0.15, -0.1) is 0 Å². The van der Waals surface area contributed by atoms with Crippen LogP contribution < -0.4 is 10.6 Å². The molecule has 212 valence electrons. The summed E-state index contributed by atoms with van der Waals surface area (Å²) in [7, 11) is 0. The van der Waals surface area contributed by atoms with E-state index in [0.29, 0.717) is 11.7 Å². The maximum absolute atomic E-state index is 14.1. The predicted molar refractivity (Wildman–Crippen MR) is 158 cm³/mol. The number of hydrogen-bond donors (Lipinski definition) is 2. The molecular formula is C30H37FN6O2S. The number of benzene rings is 1. The maximum atomic E-state index is 14.1. The van der Waals surface area contributed by atoms with E-state index in [-0.39, 0.29) is 30.1 Å². The number of aromatic nitrogens is 2. The molecule has 2 fully saturated rings. The fourth-order valence-electron chi connectivity index (χ4n) is 5.73. The highest BCUT2D eigenvalue weighted by atomic mass is 32.1. The molecule has 8 nitrogen and oxygen atoms in total. The second kappa shape index (κ2) is 12.9. The van der Waals surface area contributed by atoms with Crippen molar-refractivity contribution >= 4 is 28.9 Å². The highest BCUT2D eigenvalue weighted by Gasteiger charge is 2.41. The number of ether oxygens (including phenoxy) is 1. The quantitative estimate of drug-likeness (QED) is 0.355. The molecule has 0 bridgehead atoms. The Balaban J connectivity index is 1.35. The van der Waals surface area contributed by atoms with E-state index in [2.05, 4.69) is 49.9 Å². The summed E-state index contributed by atoms with van der Waals surface area (Å²) in [6, 6.07) is 14.0. The number of hydrogen-bond acceptors (Lipinski definition) is 5. The van der Waals surface area contributed by atoms with E-state index in [1.165, 1.54) is 23.0 Å². The summed E-state index contributed by atoms with van der Waals surface area (Å²) in [5.74, 6) is -0.718. The van der Waals surface area contributed by atoms with E-state index in [0.717, 1.165) is 51.5 Å². The monoisotopic (exact) mass is 564 g/mol. The summed E-state index contributed by atoms with van der Waals surface area (Å²) in [6.45, 7) is 10.3. The van der Waals surface area contributed by atoms with E-state index in [1.807, 2.05) is 18.2 Å². The molecule has 0 saturated carbocycles. The lowest BCUT2D eigenvalue weighted by Crippen LogP contribution is -2.37. The highest BCUT2D eigenvalue weighted by Crippen LogP contribution is 2.41. The molecular weight excluding hydrogens is 527 g/mol. The minimum absolute atomic E-state index is 0.136. The number of morpholine rings is 1. The molecule has 2 atom stereocenters. The summed E-state index contributed by atoms with van der Waals surface area (Å²) >= 11 is 5.80. The lowest BCUT2D eigenvalue weighted by molar-refractivity contribution is -0.116. The van der Waals surface area contributed by atoms with Crippen LogP contribution in [-0.4, -0.2) is 69.8 Å². The Bertz CT molecular complexity index is 1330. The predicted octanol–water partition coefficient (Wildman–Crippen LogP) is 4.36. The minimum atomic E-state index is -0.455. The third-order valence-electron chi connectivity index (χ3n) is 7.82. The third-order valence-corrected chi connectivity index (χ3v) is 8.17. The number of nitrogens with one attached hydrogen (secondary N) is 2. The number of amides is 1. The lowest BCUT2D eigenvalue weighted by atomic mass is 9.96. The number of carbonyl (C=O) groups excluding carboxylic acids is 1. The Morgan fingerprint density at radius 3 is 2.65 bits per heavy atom. The molecule has 5 rings (SSSR count). The van der Waals surface area contributed by atoms with Crippen LogP contribution in [0.2, 0.25) is 0 Å². The van der Waals surface area contributed by atoms with Crippen LogP contribution in [0.4, 0.5) is 10.1 Å². The molecule has 2 aromatic heterocycles. The topological polar surface area (TPSA) is 74.7 Å². The standard InChI is InChI=1S/C30H37FN6O2S/c1-21-20-23(22(2)36(21)14-7-13-35-16-18-39-19-17-35)29-28(26-10-5-6-12-32-26)34-30(40)37(29)15-11-27(38)33-25-9-4-3-8-24(25)31/h3-6,8-10,12,20,28-29H,7,11,13-19H2,1-2H3,(H,33,38)(H,34,40)/t28-,29-/m1/s1. The zero-order valence-electron chi connectivity index (χ0n) is 23.1. The first-order valence-corrected chi connectivity index (χ1v) is 14.3. The SMILES string of the molecule is Cc1cc([C@@H]2[C@@H](c3ccccn3)NC(=S)N2CCC(=O)Nc2ccccc2F)c(C)n1CCCN1CCOCC1. The summed E-state index contributed by atoms with van der Waals surface area (Å²) < 4.78 is 21.9. The van der Waals surface area contributed by atoms with Gasteiger partial charge >= 0.3 is 0 Å². The summed E-state index contributed by atoms with van der Waals surface area (Å²) in [6.07, 6.45) is 3.01. The molecule has 4 heterocycles. The lowest BCUT2D eigenvalue weighted by Gasteiger charge is -2.28. The number of pyridine rings is 1. The van der Waals surface area contributed by atoms with Gasteiger partial charge in [0.15, 0.2) is 5.11 Å². The molecule has 2 N–H and O–H groups in total. The van der Waals surface area contributed by atoms with Crippen molar-refractivity contribution in [2.45, 2.75) is 45.3 Å². The van der Waals surface area contributed by atoms with Crippen molar-refractivity contribution < 1.29 is 13.9 Å². The van der Waals surface area contributed by atoms with E-state index < -0.39 is 5.82 Å². The van der Waals surface area contributed by atoms with Crippen LogP contribution in [0.1, 0.15) is 47.6 Å². The van der Waals surface area contributed by atoms with Gasteiger partial charge < -0.3 is 24.8 Å². The number of carbonyl (C=O) groups is 1. The van der Waals surface area contributed by atoms with Gasteiger partial charge in [-0.05, 0) is 68.4 Å². The Labute approximate surface area is 240 Å². The van der Waals surface area contributed by atoms with E-state index >= 15 is 0 Å². The normalized spacial score (nSPS) is 19.6. The number of rotatable bonds is 10. The van der Waals surface area contributed by atoms with Crippen LogP contribution in [0.15, 0.2) is 54.7 Å². The summed E-state index contributed by atoms with van der Waals surface area (Å²) in [4.78, 5) is 22.0. The zero-order chi connectivity index (χ0) is 28.1. The van der Waals surface area contributed by atoms with Gasteiger partial charge in [-0.2, -0.15) is 0 Å². The molecule has 0 radical (unpaired) electrons. The van der Waals surface area contributed by atoms with Crippen LogP contribution >= 0.6 is 12.2 Å². The van der Waals surface area contributed by atoms with E-state index in [9.17, 15) is 9.18 Å². The molecule has 1 amide bonds. The van der Waals surface area contributed by atoms with Crippen LogP contribution in [0.3, 0.4) is 0 Å². The number of aryl methyl sites for hydroxylation is 1. The number of para-hydroxylation sites is 1. The average Bonchev–Trinajstić information content (AvgIpc) is 3.44. The van der Waals surface area contributed by atoms with Crippen LogP contribution in [0, 0.1) is 19.7 Å². The second-order valence-corrected chi connectivity index (χ2v) is 10.8. The fourth-order valence-corrected chi connectivity index (χ4v) is 6.06. The van der Waals surface area contributed by atoms with Crippen LogP contribution in [0.25, 0.3) is 0 Å². The molecule has 2 aliphatic rings. The van der Waals surface area contributed by atoms with Crippen LogP contribution in [0.5, 0.6) is 0 Å². The molecule has 2 aliphatic heterocycles. The smallest absolute Gasteiger partial charge is 0.226 e. The van der Waals surface area contributed by atoms with Gasteiger partial charge in [-0.3, -0.25) is 14.7 Å². The zero-order valence-corrected chi connectivity index (χ0v) is 23.9. The van der Waals surface area contributed by atoms with Crippen molar-refractivity contribution in [1.82, 2.24) is 24.7 Å². The number of anilines is 1. The molecule has 40 heavy (non-hydrogen) atoms. The van der Waals surface area contributed by atoms with E-state index in [1.54, 1.807) is 24.4 Å². The Morgan fingerprint density at radius 1 is 1.12 bits per heavy atom. The van der Waals surface area contributed by atoms with Crippen molar-refractivity contribution in [3.05, 3.63) is 83.2 Å². The van der Waals surface area contributed by atoms with Crippen LogP contribution in [-0.2, 0) is 16.1 Å².